The Bertz CT molecular complexity index is 379. The van der Waals surface area contributed by atoms with Crippen molar-refractivity contribution in [2.45, 2.75) is 19.4 Å². The maximum atomic E-state index is 11.2. The van der Waals surface area contributed by atoms with Gasteiger partial charge in [-0.2, -0.15) is 0 Å². The predicted molar refractivity (Wildman–Crippen MR) is 62.8 cm³/mol. The van der Waals surface area contributed by atoms with Crippen molar-refractivity contribution in [2.24, 2.45) is 0 Å². The molecule has 0 saturated carbocycles. The lowest BCUT2D eigenvalue weighted by atomic mass is 10.1. The van der Waals surface area contributed by atoms with Crippen LogP contribution in [0.1, 0.15) is 12.5 Å². The Morgan fingerprint density at radius 1 is 1.50 bits per heavy atom. The average molecular weight is 263 g/mol. The third-order valence-corrected chi connectivity index (χ3v) is 2.58. The van der Waals surface area contributed by atoms with E-state index in [1.165, 1.54) is 0 Å². The predicted octanol–water partition coefficient (Wildman–Crippen LogP) is 2.46. The maximum Gasteiger partial charge on any atom is 0.335 e. The van der Waals surface area contributed by atoms with Crippen LogP contribution >= 0.6 is 23.2 Å². The molecule has 0 fully saturated rings. The van der Waals surface area contributed by atoms with E-state index in [1.807, 2.05) is 0 Å². The van der Waals surface area contributed by atoms with Gasteiger partial charge in [0.2, 0.25) is 0 Å². The van der Waals surface area contributed by atoms with Crippen LogP contribution in [0.4, 0.5) is 0 Å². The van der Waals surface area contributed by atoms with E-state index in [0.29, 0.717) is 15.6 Å². The number of rotatable bonds is 4. The number of aliphatic hydroxyl groups excluding tert-OH is 1. The molecule has 0 amide bonds. The van der Waals surface area contributed by atoms with Gasteiger partial charge in [-0.05, 0) is 30.7 Å². The molecule has 5 heteroatoms. The Morgan fingerprint density at radius 2 is 2.19 bits per heavy atom. The van der Waals surface area contributed by atoms with Crippen molar-refractivity contribution in [3.8, 4) is 0 Å². The molecule has 0 heterocycles. The van der Waals surface area contributed by atoms with Gasteiger partial charge in [-0.25, -0.2) is 4.79 Å². The van der Waals surface area contributed by atoms with Gasteiger partial charge < -0.3 is 9.84 Å². The van der Waals surface area contributed by atoms with Crippen molar-refractivity contribution >= 4 is 29.2 Å². The van der Waals surface area contributed by atoms with Crippen LogP contribution in [-0.2, 0) is 16.0 Å². The number of hydrogen-bond acceptors (Lipinski definition) is 3. The number of aliphatic hydroxyl groups is 1. The second-order valence-electron chi connectivity index (χ2n) is 3.21. The minimum Gasteiger partial charge on any atom is -0.464 e. The molecule has 1 aromatic rings. The zero-order valence-electron chi connectivity index (χ0n) is 8.74. The first-order valence-electron chi connectivity index (χ1n) is 4.83. The first-order chi connectivity index (χ1) is 7.54. The van der Waals surface area contributed by atoms with Gasteiger partial charge in [0, 0.05) is 16.5 Å². The van der Waals surface area contributed by atoms with Crippen LogP contribution < -0.4 is 0 Å². The zero-order chi connectivity index (χ0) is 12.1. The molecule has 0 aliphatic rings. The molecule has 88 valence electrons. The molecule has 1 rings (SSSR count). The van der Waals surface area contributed by atoms with Gasteiger partial charge in [0.15, 0.2) is 6.10 Å². The molecule has 1 unspecified atom stereocenters. The van der Waals surface area contributed by atoms with Crippen LogP contribution in [0.25, 0.3) is 0 Å². The van der Waals surface area contributed by atoms with Crippen molar-refractivity contribution in [1.29, 1.82) is 0 Å². The monoisotopic (exact) mass is 262 g/mol. The fraction of sp³-hybridized carbons (Fsp3) is 0.364. The highest BCUT2D eigenvalue weighted by atomic mass is 35.5. The Morgan fingerprint density at radius 3 is 2.81 bits per heavy atom. The summed E-state index contributed by atoms with van der Waals surface area (Å²) in [6, 6.07) is 4.88. The van der Waals surface area contributed by atoms with E-state index in [-0.39, 0.29) is 13.0 Å². The summed E-state index contributed by atoms with van der Waals surface area (Å²) in [4.78, 5) is 11.2. The van der Waals surface area contributed by atoms with Gasteiger partial charge in [0.25, 0.3) is 0 Å². The number of carbonyl (C=O) groups is 1. The Labute approximate surface area is 104 Å². The molecule has 0 saturated heterocycles. The molecule has 1 N–H and O–H groups in total. The van der Waals surface area contributed by atoms with E-state index in [9.17, 15) is 9.90 Å². The SMILES string of the molecule is CCOC(=O)C(O)Cc1cc(Cl)ccc1Cl. The van der Waals surface area contributed by atoms with E-state index in [0.717, 1.165) is 0 Å². The van der Waals surface area contributed by atoms with E-state index in [2.05, 4.69) is 4.74 Å². The molecule has 0 aliphatic heterocycles. The summed E-state index contributed by atoms with van der Waals surface area (Å²) in [5.41, 5.74) is 0.620. The van der Waals surface area contributed by atoms with Crippen LogP contribution in [0.15, 0.2) is 18.2 Å². The summed E-state index contributed by atoms with van der Waals surface area (Å²) in [7, 11) is 0. The second kappa shape index (κ2) is 6.09. The molecule has 0 spiro atoms. The van der Waals surface area contributed by atoms with Gasteiger partial charge in [-0.1, -0.05) is 23.2 Å². The van der Waals surface area contributed by atoms with Crippen molar-refractivity contribution in [3.05, 3.63) is 33.8 Å². The molecule has 0 aliphatic carbocycles. The number of hydrogen-bond donors (Lipinski definition) is 1. The molecule has 1 atom stereocenters. The van der Waals surface area contributed by atoms with E-state index in [1.54, 1.807) is 25.1 Å². The van der Waals surface area contributed by atoms with Crippen molar-refractivity contribution in [1.82, 2.24) is 0 Å². The Kier molecular flexibility index (Phi) is 5.06. The van der Waals surface area contributed by atoms with E-state index >= 15 is 0 Å². The number of halogens is 2. The number of carbonyl (C=O) groups excluding carboxylic acids is 1. The molecular formula is C11H12Cl2O3. The van der Waals surface area contributed by atoms with Gasteiger partial charge in [0.1, 0.15) is 0 Å². The highest BCUT2D eigenvalue weighted by Crippen LogP contribution is 2.22. The van der Waals surface area contributed by atoms with Crippen LogP contribution in [0.5, 0.6) is 0 Å². The largest absolute Gasteiger partial charge is 0.464 e. The van der Waals surface area contributed by atoms with Crippen molar-refractivity contribution in [3.63, 3.8) is 0 Å². The normalized spacial score (nSPS) is 12.2. The molecule has 1 aromatic carbocycles. The molecular weight excluding hydrogens is 251 g/mol. The van der Waals surface area contributed by atoms with E-state index in [4.69, 9.17) is 23.2 Å². The van der Waals surface area contributed by atoms with Crippen molar-refractivity contribution < 1.29 is 14.6 Å². The summed E-state index contributed by atoms with van der Waals surface area (Å²) in [5, 5.41) is 10.5. The topological polar surface area (TPSA) is 46.5 Å². The highest BCUT2D eigenvalue weighted by Gasteiger charge is 2.18. The third kappa shape index (κ3) is 3.67. The number of benzene rings is 1. The molecule has 0 aromatic heterocycles. The quantitative estimate of drug-likeness (QED) is 0.849. The van der Waals surface area contributed by atoms with Crippen LogP contribution in [0, 0.1) is 0 Å². The lowest BCUT2D eigenvalue weighted by molar-refractivity contribution is -0.152. The molecule has 0 radical (unpaired) electrons. The van der Waals surface area contributed by atoms with Gasteiger partial charge in [-0.15, -0.1) is 0 Å². The zero-order valence-corrected chi connectivity index (χ0v) is 10.3. The van der Waals surface area contributed by atoms with Gasteiger partial charge in [-0.3, -0.25) is 0 Å². The van der Waals surface area contributed by atoms with Gasteiger partial charge in [0.05, 0.1) is 6.61 Å². The summed E-state index contributed by atoms with van der Waals surface area (Å²) < 4.78 is 4.68. The first-order valence-corrected chi connectivity index (χ1v) is 5.58. The first kappa shape index (κ1) is 13.3. The number of ether oxygens (including phenoxy) is 1. The fourth-order valence-corrected chi connectivity index (χ4v) is 1.62. The van der Waals surface area contributed by atoms with Crippen LogP contribution in [0.3, 0.4) is 0 Å². The summed E-state index contributed by atoms with van der Waals surface area (Å²) in [6.07, 6.45) is -1.12. The minimum absolute atomic E-state index is 0.0955. The Hall–Kier alpha value is -0.770. The summed E-state index contributed by atoms with van der Waals surface area (Å²) in [6.45, 7) is 1.91. The fourth-order valence-electron chi connectivity index (χ4n) is 1.23. The number of esters is 1. The molecule has 3 nitrogen and oxygen atoms in total. The van der Waals surface area contributed by atoms with Crippen LogP contribution in [0.2, 0.25) is 10.0 Å². The third-order valence-electron chi connectivity index (χ3n) is 1.98. The maximum absolute atomic E-state index is 11.2. The Balaban J connectivity index is 2.72. The smallest absolute Gasteiger partial charge is 0.335 e. The summed E-state index contributed by atoms with van der Waals surface area (Å²) >= 11 is 11.7. The summed E-state index contributed by atoms with van der Waals surface area (Å²) in [5.74, 6) is -0.654. The van der Waals surface area contributed by atoms with Crippen LogP contribution in [-0.4, -0.2) is 23.8 Å². The minimum atomic E-state index is -1.21. The standard InChI is InChI=1S/C11H12Cl2O3/c1-2-16-11(15)10(14)6-7-5-8(12)3-4-9(7)13/h3-5,10,14H,2,6H2,1H3. The van der Waals surface area contributed by atoms with Gasteiger partial charge >= 0.3 is 5.97 Å². The average Bonchev–Trinajstić information content (AvgIpc) is 2.23. The lowest BCUT2D eigenvalue weighted by Crippen LogP contribution is -2.25. The molecule has 0 bridgehead atoms. The lowest BCUT2D eigenvalue weighted by Gasteiger charge is -2.10. The second-order valence-corrected chi connectivity index (χ2v) is 4.05. The van der Waals surface area contributed by atoms with E-state index < -0.39 is 12.1 Å². The van der Waals surface area contributed by atoms with Crippen molar-refractivity contribution in [2.75, 3.05) is 6.61 Å². The molecule has 16 heavy (non-hydrogen) atoms. The highest BCUT2D eigenvalue weighted by molar-refractivity contribution is 6.33.